The molecule has 0 saturated carbocycles. The number of para-hydroxylation sites is 2. The van der Waals surface area contributed by atoms with Gasteiger partial charge in [-0.15, -0.1) is 0 Å². The van der Waals surface area contributed by atoms with Gasteiger partial charge in [-0.2, -0.15) is 0 Å². The molecule has 0 unspecified atom stereocenters. The van der Waals surface area contributed by atoms with Crippen molar-refractivity contribution < 1.29 is 0 Å². The third-order valence-corrected chi connectivity index (χ3v) is 10.6. The van der Waals surface area contributed by atoms with Gasteiger partial charge >= 0.3 is 0 Å². The molecule has 10 rings (SSSR count). The normalized spacial score (nSPS) is 11.4. The van der Waals surface area contributed by atoms with Gasteiger partial charge in [0.15, 0.2) is 5.69 Å². The second-order valence-corrected chi connectivity index (χ2v) is 13.5. The monoisotopic (exact) mass is 672 g/mol. The minimum absolute atomic E-state index is 0.618. The van der Waals surface area contributed by atoms with E-state index in [9.17, 15) is 0 Å². The summed E-state index contributed by atoms with van der Waals surface area (Å²) >= 11 is 0. The van der Waals surface area contributed by atoms with Gasteiger partial charge in [0.2, 0.25) is 0 Å². The van der Waals surface area contributed by atoms with Gasteiger partial charge in [-0.1, -0.05) is 170 Å². The van der Waals surface area contributed by atoms with Crippen molar-refractivity contribution in [2.75, 3.05) is 0 Å². The molecule has 0 aliphatic heterocycles. The lowest BCUT2D eigenvalue weighted by atomic mass is 9.85. The summed E-state index contributed by atoms with van der Waals surface area (Å²) in [4.78, 5) is 3.87. The van der Waals surface area contributed by atoms with E-state index in [0.29, 0.717) is 5.69 Å². The Morgan fingerprint density at radius 1 is 0.340 bits per heavy atom. The van der Waals surface area contributed by atoms with Crippen LogP contribution in [0.3, 0.4) is 0 Å². The molecule has 53 heavy (non-hydrogen) atoms. The van der Waals surface area contributed by atoms with E-state index in [-0.39, 0.29) is 0 Å². The van der Waals surface area contributed by atoms with Gasteiger partial charge in [-0.3, -0.25) is 0 Å². The molecule has 1 aromatic heterocycles. The Morgan fingerprint density at radius 3 is 1.32 bits per heavy atom. The van der Waals surface area contributed by atoms with Gasteiger partial charge in [0, 0.05) is 10.8 Å². The first-order chi connectivity index (χ1) is 26.3. The van der Waals surface area contributed by atoms with Crippen LogP contribution in [-0.2, 0) is 0 Å². The Hall–Kier alpha value is -7.21. The number of aromatic nitrogens is 1. The number of hydrogen-bond donors (Lipinski definition) is 0. The number of rotatable bonds is 5. The van der Waals surface area contributed by atoms with Crippen molar-refractivity contribution in [1.29, 1.82) is 0 Å². The summed E-state index contributed by atoms with van der Waals surface area (Å²) in [5, 5.41) is 7.40. The highest BCUT2D eigenvalue weighted by Crippen LogP contribution is 2.45. The van der Waals surface area contributed by atoms with E-state index in [1.807, 2.05) is 12.1 Å². The van der Waals surface area contributed by atoms with Crippen LogP contribution in [0.1, 0.15) is 0 Å². The molecule has 0 aliphatic carbocycles. The quantitative estimate of drug-likeness (QED) is 0.127. The van der Waals surface area contributed by atoms with Crippen molar-refractivity contribution in [3.63, 3.8) is 0 Å². The lowest BCUT2D eigenvalue weighted by molar-refractivity contribution is 1.18. The van der Waals surface area contributed by atoms with Crippen molar-refractivity contribution in [2.45, 2.75) is 0 Å². The maximum Gasteiger partial charge on any atom is 0.188 e. The van der Waals surface area contributed by atoms with Crippen LogP contribution in [0.5, 0.6) is 0 Å². The first-order valence-corrected chi connectivity index (χ1v) is 18.0. The van der Waals surface area contributed by atoms with E-state index >= 15 is 0 Å². The van der Waals surface area contributed by atoms with Gasteiger partial charge < -0.3 is 4.57 Å². The Bertz CT molecular complexity index is 2940. The van der Waals surface area contributed by atoms with Crippen LogP contribution in [0.25, 0.3) is 98.4 Å². The predicted molar refractivity (Wildman–Crippen MR) is 224 cm³/mol. The third kappa shape index (κ3) is 4.94. The van der Waals surface area contributed by atoms with Crippen LogP contribution in [0, 0.1) is 6.57 Å². The fourth-order valence-electron chi connectivity index (χ4n) is 8.33. The maximum absolute atomic E-state index is 7.93. The summed E-state index contributed by atoms with van der Waals surface area (Å²) in [5.74, 6) is 0. The highest BCUT2D eigenvalue weighted by molar-refractivity contribution is 6.21. The number of nitrogens with zero attached hydrogens (tertiary/aromatic N) is 2. The highest BCUT2D eigenvalue weighted by Gasteiger charge is 2.19. The zero-order valence-corrected chi connectivity index (χ0v) is 28.9. The summed E-state index contributed by atoms with van der Waals surface area (Å²) in [6.45, 7) is 7.93. The molecule has 0 spiro atoms. The van der Waals surface area contributed by atoms with E-state index < -0.39 is 0 Å². The molecule has 0 amide bonds. The number of hydrogen-bond acceptors (Lipinski definition) is 0. The topological polar surface area (TPSA) is 9.29 Å². The van der Waals surface area contributed by atoms with Crippen molar-refractivity contribution in [1.82, 2.24) is 4.57 Å². The second kappa shape index (κ2) is 12.5. The standard InChI is InChI=1S/C51H32N2/c1-52-37-31-32-49(53-47-25-13-11-19-40(47)41-20-12-14-26-48(41)53)46(33-37)39-18-6-5-17-38(39)34-27-29-36(30-28-34)51-44-23-9-7-21-42(44)50(35-15-3-2-4-16-35)43-22-8-10-24-45(43)51/h2-33H. The van der Waals surface area contributed by atoms with Crippen molar-refractivity contribution in [3.8, 4) is 50.2 Å². The summed E-state index contributed by atoms with van der Waals surface area (Å²) in [5.41, 5.74) is 13.2. The van der Waals surface area contributed by atoms with Gasteiger partial charge in [0.05, 0.1) is 23.3 Å². The molecule has 9 aromatic carbocycles. The van der Waals surface area contributed by atoms with E-state index in [2.05, 4.69) is 191 Å². The highest BCUT2D eigenvalue weighted by atomic mass is 15.0. The Kier molecular flexibility index (Phi) is 7.23. The van der Waals surface area contributed by atoms with Gasteiger partial charge in [0.1, 0.15) is 0 Å². The summed E-state index contributed by atoms with van der Waals surface area (Å²) in [6.07, 6.45) is 0. The van der Waals surface area contributed by atoms with Crippen LogP contribution >= 0.6 is 0 Å². The molecule has 0 fully saturated rings. The minimum Gasteiger partial charge on any atom is -0.309 e. The molecule has 0 radical (unpaired) electrons. The molecule has 0 saturated heterocycles. The smallest absolute Gasteiger partial charge is 0.188 e. The van der Waals surface area contributed by atoms with Gasteiger partial charge in [0.25, 0.3) is 0 Å². The zero-order chi connectivity index (χ0) is 35.3. The van der Waals surface area contributed by atoms with Gasteiger partial charge in [-0.25, -0.2) is 4.85 Å². The molecule has 2 heteroatoms. The van der Waals surface area contributed by atoms with Gasteiger partial charge in [-0.05, 0) is 90.3 Å². The van der Waals surface area contributed by atoms with Crippen molar-refractivity contribution in [3.05, 3.63) is 206 Å². The molecular formula is C51H32N2. The first-order valence-electron chi connectivity index (χ1n) is 18.0. The molecular weight excluding hydrogens is 641 g/mol. The van der Waals surface area contributed by atoms with Crippen LogP contribution < -0.4 is 0 Å². The summed E-state index contributed by atoms with van der Waals surface area (Å²) < 4.78 is 2.35. The van der Waals surface area contributed by atoms with Crippen LogP contribution in [0.4, 0.5) is 5.69 Å². The Labute approximate surface area is 308 Å². The van der Waals surface area contributed by atoms with Crippen LogP contribution in [0.15, 0.2) is 194 Å². The molecule has 0 bridgehead atoms. The summed E-state index contributed by atoms with van der Waals surface area (Å²) in [7, 11) is 0. The van der Waals surface area contributed by atoms with Crippen LogP contribution in [-0.4, -0.2) is 4.57 Å². The van der Waals surface area contributed by atoms with E-state index in [1.165, 1.54) is 54.6 Å². The second-order valence-electron chi connectivity index (χ2n) is 13.5. The molecule has 2 nitrogen and oxygen atoms in total. The first kappa shape index (κ1) is 30.6. The average molecular weight is 673 g/mol. The molecule has 1 heterocycles. The molecule has 0 aliphatic rings. The SMILES string of the molecule is [C-]#[N+]c1ccc(-n2c3ccccc3c3ccccc32)c(-c2ccccc2-c2ccc(-c3c4ccccc4c(-c4ccccc4)c4ccccc34)cc2)c1. The molecule has 246 valence electrons. The van der Waals surface area contributed by atoms with Crippen molar-refractivity contribution in [2.24, 2.45) is 0 Å². The predicted octanol–water partition coefficient (Wildman–Crippen LogP) is 14.3. The minimum atomic E-state index is 0.618. The fraction of sp³-hybridized carbons (Fsp3) is 0. The average Bonchev–Trinajstić information content (AvgIpc) is 3.57. The number of fused-ring (bicyclic) bond motifs is 5. The van der Waals surface area contributed by atoms with E-state index in [4.69, 9.17) is 6.57 Å². The number of benzene rings is 9. The van der Waals surface area contributed by atoms with E-state index in [1.54, 1.807) is 0 Å². The lowest BCUT2D eigenvalue weighted by Gasteiger charge is -2.19. The Balaban J connectivity index is 1.15. The zero-order valence-electron chi connectivity index (χ0n) is 28.9. The summed E-state index contributed by atoms with van der Waals surface area (Å²) in [6, 6.07) is 69.2. The van der Waals surface area contributed by atoms with Crippen molar-refractivity contribution >= 4 is 49.0 Å². The Morgan fingerprint density at radius 2 is 0.774 bits per heavy atom. The fourth-order valence-corrected chi connectivity index (χ4v) is 8.33. The molecule has 0 N–H and O–H groups in total. The largest absolute Gasteiger partial charge is 0.309 e. The third-order valence-electron chi connectivity index (χ3n) is 10.6. The lowest BCUT2D eigenvalue weighted by Crippen LogP contribution is -1.98. The van der Waals surface area contributed by atoms with Crippen LogP contribution in [0.2, 0.25) is 0 Å². The molecule has 0 atom stereocenters. The maximum atomic E-state index is 7.93. The molecule has 10 aromatic rings. The van der Waals surface area contributed by atoms with E-state index in [0.717, 1.165) is 39.0 Å².